The third-order valence-corrected chi connectivity index (χ3v) is 7.11. The first kappa shape index (κ1) is 31.2. The topological polar surface area (TPSA) is 58.6 Å². The number of halogens is 4. The highest BCUT2D eigenvalue weighted by molar-refractivity contribution is 5.93. The molecule has 218 valence electrons. The van der Waals surface area contributed by atoms with Crippen molar-refractivity contribution < 1.29 is 31.9 Å². The first-order valence-electron chi connectivity index (χ1n) is 13.7. The van der Waals surface area contributed by atoms with Gasteiger partial charge in [-0.1, -0.05) is 58.4 Å². The van der Waals surface area contributed by atoms with Crippen molar-refractivity contribution in [2.24, 2.45) is 5.92 Å². The van der Waals surface area contributed by atoms with Gasteiger partial charge in [-0.3, -0.25) is 9.69 Å². The smallest absolute Gasteiger partial charge is 0.417 e. The number of carbonyl (C=O) groups is 2. The molecule has 0 aliphatic carbocycles. The molecule has 2 aromatic carbocycles. The number of rotatable bonds is 11. The Labute approximate surface area is 233 Å². The summed E-state index contributed by atoms with van der Waals surface area (Å²) in [5, 5.41) is 3.27. The summed E-state index contributed by atoms with van der Waals surface area (Å²) >= 11 is 0. The molecule has 1 unspecified atom stereocenters. The van der Waals surface area contributed by atoms with Crippen LogP contribution in [0.25, 0.3) is 0 Å². The van der Waals surface area contributed by atoms with Crippen molar-refractivity contribution in [1.82, 2.24) is 10.2 Å². The number of benzene rings is 2. The van der Waals surface area contributed by atoms with Crippen LogP contribution in [0, 0.1) is 11.7 Å². The molecule has 3 rings (SSSR count). The third kappa shape index (κ3) is 6.67. The van der Waals surface area contributed by atoms with Crippen molar-refractivity contribution in [1.29, 1.82) is 0 Å². The molecule has 1 aliphatic heterocycles. The molecule has 1 aliphatic rings. The van der Waals surface area contributed by atoms with E-state index in [9.17, 15) is 27.2 Å². The van der Waals surface area contributed by atoms with E-state index in [1.807, 2.05) is 20.8 Å². The number of esters is 1. The number of unbranched alkanes of at least 4 members (excludes halogenated alkanes) is 1. The molecule has 1 N–H and O–H groups in total. The summed E-state index contributed by atoms with van der Waals surface area (Å²) in [4.78, 5) is 28.6. The van der Waals surface area contributed by atoms with E-state index >= 15 is 0 Å². The Hall–Kier alpha value is -3.36. The van der Waals surface area contributed by atoms with E-state index in [0.29, 0.717) is 42.6 Å². The lowest BCUT2D eigenvalue weighted by atomic mass is 9.83. The van der Waals surface area contributed by atoms with Gasteiger partial charge in [0, 0.05) is 0 Å². The van der Waals surface area contributed by atoms with Gasteiger partial charge in [0.1, 0.15) is 17.2 Å². The highest BCUT2D eigenvalue weighted by Crippen LogP contribution is 2.43. The molecule has 2 atom stereocenters. The Bertz CT molecular complexity index is 1220. The van der Waals surface area contributed by atoms with Crippen LogP contribution in [0.2, 0.25) is 0 Å². The summed E-state index contributed by atoms with van der Waals surface area (Å²) in [5.41, 5.74) is -1.98. The van der Waals surface area contributed by atoms with Gasteiger partial charge in [0.2, 0.25) is 0 Å². The second-order valence-electron chi connectivity index (χ2n) is 11.0. The summed E-state index contributed by atoms with van der Waals surface area (Å²) in [6.45, 7) is 13.3. The lowest BCUT2D eigenvalue weighted by molar-refractivity contribution is -0.138. The summed E-state index contributed by atoms with van der Waals surface area (Å²) in [6, 6.07) is 8.39. The van der Waals surface area contributed by atoms with Crippen molar-refractivity contribution in [3.63, 3.8) is 0 Å². The fraction of sp³-hybridized carbons (Fsp3) is 0.484. The molecule has 1 saturated heterocycles. The molecule has 1 heterocycles. The van der Waals surface area contributed by atoms with Gasteiger partial charge < -0.3 is 10.1 Å². The highest BCUT2D eigenvalue weighted by Gasteiger charge is 2.51. The van der Waals surface area contributed by atoms with Crippen LogP contribution in [-0.4, -0.2) is 22.9 Å². The average Bonchev–Trinajstić information content (AvgIpc) is 3.12. The van der Waals surface area contributed by atoms with Crippen molar-refractivity contribution >= 4 is 11.9 Å². The molecule has 9 heteroatoms. The summed E-state index contributed by atoms with van der Waals surface area (Å²) in [5.74, 6) is -1.27. The Morgan fingerprint density at radius 1 is 1.07 bits per heavy atom. The number of ether oxygens (including phenoxy) is 1. The lowest BCUT2D eigenvalue weighted by Crippen LogP contribution is -2.44. The van der Waals surface area contributed by atoms with Crippen LogP contribution in [0.3, 0.4) is 0 Å². The number of alkyl halides is 3. The second-order valence-corrected chi connectivity index (χ2v) is 11.0. The van der Waals surface area contributed by atoms with E-state index in [1.165, 1.54) is 29.2 Å². The third-order valence-electron chi connectivity index (χ3n) is 7.11. The quantitative estimate of drug-likeness (QED) is 0.224. The molecule has 2 aromatic rings. The minimum Gasteiger partial charge on any atom is -0.459 e. The predicted molar refractivity (Wildman–Crippen MR) is 146 cm³/mol. The number of hydrogen-bond acceptors (Lipinski definition) is 4. The van der Waals surface area contributed by atoms with Gasteiger partial charge in [-0.05, 0) is 74.4 Å². The average molecular weight is 563 g/mol. The number of hydrogen-bond donors (Lipinski definition) is 1. The van der Waals surface area contributed by atoms with Crippen LogP contribution >= 0.6 is 0 Å². The van der Waals surface area contributed by atoms with Gasteiger partial charge in [0.05, 0.1) is 23.3 Å². The maximum absolute atomic E-state index is 14.3. The molecule has 40 heavy (non-hydrogen) atoms. The van der Waals surface area contributed by atoms with E-state index in [4.69, 9.17) is 4.74 Å². The minimum atomic E-state index is -4.77. The monoisotopic (exact) mass is 562 g/mol. The van der Waals surface area contributed by atoms with Gasteiger partial charge >= 0.3 is 12.1 Å². The lowest BCUT2D eigenvalue weighted by Gasteiger charge is -2.32. The normalized spacial score (nSPS) is 18.4. The van der Waals surface area contributed by atoms with Crippen molar-refractivity contribution in [3.8, 4) is 0 Å². The van der Waals surface area contributed by atoms with E-state index in [2.05, 4.69) is 11.9 Å². The fourth-order valence-electron chi connectivity index (χ4n) is 5.07. The molecular weight excluding hydrogens is 524 g/mol. The zero-order valence-electron chi connectivity index (χ0n) is 23.7. The molecule has 1 amide bonds. The fourth-order valence-corrected chi connectivity index (χ4v) is 5.07. The van der Waals surface area contributed by atoms with Crippen LogP contribution < -0.4 is 5.32 Å². The SMILES string of the molecule is C=C1N[C@](CCC(C)C)(c2ccc(F)cc2)C(=O)N1C(CCCC)c1ccc(C(F)(F)F)c(C(=O)OC(C)C)c1. The first-order valence-corrected chi connectivity index (χ1v) is 13.7. The Balaban J connectivity index is 2.14. The van der Waals surface area contributed by atoms with Gasteiger partial charge in [-0.2, -0.15) is 13.2 Å². The van der Waals surface area contributed by atoms with Gasteiger partial charge in [0.25, 0.3) is 5.91 Å². The van der Waals surface area contributed by atoms with Crippen LogP contribution in [-0.2, 0) is 21.2 Å². The maximum atomic E-state index is 14.3. The summed E-state index contributed by atoms with van der Waals surface area (Å²) in [7, 11) is 0. The molecule has 0 spiro atoms. The number of carbonyl (C=O) groups excluding carboxylic acids is 2. The zero-order chi connectivity index (χ0) is 29.8. The molecule has 1 fully saturated rings. The van der Waals surface area contributed by atoms with E-state index in [0.717, 1.165) is 12.5 Å². The van der Waals surface area contributed by atoms with Crippen LogP contribution in [0.1, 0.15) is 99.8 Å². The maximum Gasteiger partial charge on any atom is 0.417 e. The van der Waals surface area contributed by atoms with Crippen LogP contribution in [0.15, 0.2) is 54.9 Å². The summed E-state index contributed by atoms with van der Waals surface area (Å²) in [6.07, 6.45) is -2.42. The van der Waals surface area contributed by atoms with Crippen molar-refractivity contribution in [3.05, 3.63) is 82.9 Å². The zero-order valence-corrected chi connectivity index (χ0v) is 23.7. The number of nitrogens with one attached hydrogen (secondary N) is 1. The standard InChI is InChI=1S/C31H38F4N2O3/c1-7-8-9-27(22-10-15-26(31(33,34)35)25(18-22)28(38)40-20(4)5)37-21(6)36-30(29(37)39,17-16-19(2)3)23-11-13-24(32)14-12-23/h10-15,18-20,27,36H,6-9,16-17H2,1-5H3/t27?,30-/m1/s1. The number of amides is 1. The predicted octanol–water partition coefficient (Wildman–Crippen LogP) is 7.88. The van der Waals surface area contributed by atoms with Gasteiger partial charge in [-0.25, -0.2) is 9.18 Å². The van der Waals surface area contributed by atoms with E-state index in [1.54, 1.807) is 26.0 Å². The Morgan fingerprint density at radius 2 is 1.73 bits per heavy atom. The van der Waals surface area contributed by atoms with Gasteiger partial charge in [-0.15, -0.1) is 0 Å². The van der Waals surface area contributed by atoms with Gasteiger partial charge in [0.15, 0.2) is 0 Å². The first-order chi connectivity index (χ1) is 18.7. The van der Waals surface area contributed by atoms with Crippen molar-refractivity contribution in [2.45, 2.75) is 90.6 Å². The molecular formula is C31H38F4N2O3. The highest BCUT2D eigenvalue weighted by atomic mass is 19.4. The van der Waals surface area contributed by atoms with E-state index < -0.39 is 46.8 Å². The Kier molecular flexibility index (Phi) is 9.69. The molecule has 5 nitrogen and oxygen atoms in total. The summed E-state index contributed by atoms with van der Waals surface area (Å²) < 4.78 is 60.5. The molecule has 0 bridgehead atoms. The van der Waals surface area contributed by atoms with Crippen LogP contribution in [0.4, 0.5) is 17.6 Å². The second kappa shape index (κ2) is 12.4. The van der Waals surface area contributed by atoms with Crippen LogP contribution in [0.5, 0.6) is 0 Å². The minimum absolute atomic E-state index is 0.273. The Morgan fingerprint density at radius 3 is 2.27 bits per heavy atom. The molecule has 0 aromatic heterocycles. The van der Waals surface area contributed by atoms with Crippen molar-refractivity contribution in [2.75, 3.05) is 0 Å². The largest absolute Gasteiger partial charge is 0.459 e. The molecule has 0 radical (unpaired) electrons. The molecule has 0 saturated carbocycles. The number of nitrogens with zero attached hydrogens (tertiary/aromatic N) is 1. The van der Waals surface area contributed by atoms with E-state index in [-0.39, 0.29) is 11.8 Å².